The Bertz CT molecular complexity index is 891. The Morgan fingerprint density at radius 2 is 1.81 bits per heavy atom. The Labute approximate surface area is 188 Å². The summed E-state index contributed by atoms with van der Waals surface area (Å²) in [7, 11) is 0. The fourth-order valence-corrected chi connectivity index (χ4v) is 7.72. The predicted octanol–water partition coefficient (Wildman–Crippen LogP) is 2.92. The maximum atomic E-state index is 13.1. The van der Waals surface area contributed by atoms with E-state index >= 15 is 0 Å². The van der Waals surface area contributed by atoms with Crippen LogP contribution in [0.1, 0.15) is 72.6 Å². The number of allylic oxidation sites excluding steroid dienone is 1. The van der Waals surface area contributed by atoms with Gasteiger partial charge >= 0.3 is 11.9 Å². The van der Waals surface area contributed by atoms with Crippen molar-refractivity contribution < 1.29 is 33.8 Å². The molecule has 0 aromatic carbocycles. The number of ether oxygens (including phenoxy) is 2. The average molecular weight is 447 g/mol. The molecule has 4 aliphatic rings. The van der Waals surface area contributed by atoms with E-state index in [0.717, 1.165) is 24.8 Å². The molecule has 0 unspecified atom stereocenters. The third kappa shape index (κ3) is 3.35. The molecular formula is C25H34O7. The molecule has 0 saturated heterocycles. The van der Waals surface area contributed by atoms with Gasteiger partial charge in [-0.15, -0.1) is 0 Å². The first-order valence-electron chi connectivity index (χ1n) is 11.7. The average Bonchev–Trinajstić information content (AvgIpc) is 2.97. The summed E-state index contributed by atoms with van der Waals surface area (Å²) in [4.78, 5) is 48.5. The summed E-state index contributed by atoms with van der Waals surface area (Å²) < 4.78 is 10.8. The molecule has 176 valence electrons. The van der Waals surface area contributed by atoms with Crippen LogP contribution < -0.4 is 0 Å². The zero-order valence-corrected chi connectivity index (χ0v) is 19.4. The van der Waals surface area contributed by atoms with Crippen molar-refractivity contribution in [1.82, 2.24) is 0 Å². The van der Waals surface area contributed by atoms with Crippen LogP contribution >= 0.6 is 0 Å². The fourth-order valence-electron chi connectivity index (χ4n) is 7.72. The lowest BCUT2D eigenvalue weighted by atomic mass is 9.45. The van der Waals surface area contributed by atoms with Crippen LogP contribution in [-0.2, 0) is 28.7 Å². The van der Waals surface area contributed by atoms with Crippen LogP contribution in [0, 0.1) is 28.6 Å². The number of hydrogen-bond acceptors (Lipinski definition) is 7. The Hall–Kier alpha value is -2.02. The van der Waals surface area contributed by atoms with E-state index < -0.39 is 35.5 Å². The van der Waals surface area contributed by atoms with Crippen molar-refractivity contribution in [2.24, 2.45) is 28.6 Å². The highest BCUT2D eigenvalue weighted by Crippen LogP contribution is 2.68. The quantitative estimate of drug-likeness (QED) is 0.662. The zero-order valence-electron chi connectivity index (χ0n) is 19.4. The second-order valence-corrected chi connectivity index (χ2v) is 10.8. The second-order valence-electron chi connectivity index (χ2n) is 10.8. The molecule has 7 heteroatoms. The van der Waals surface area contributed by atoms with Crippen LogP contribution in [0.15, 0.2) is 11.6 Å². The summed E-state index contributed by atoms with van der Waals surface area (Å²) in [5, 5.41) is 11.7. The molecular weight excluding hydrogens is 412 g/mol. The predicted molar refractivity (Wildman–Crippen MR) is 114 cm³/mol. The van der Waals surface area contributed by atoms with Crippen molar-refractivity contribution in [1.29, 1.82) is 0 Å². The molecule has 0 bridgehead atoms. The van der Waals surface area contributed by atoms with Crippen LogP contribution in [-0.4, -0.2) is 46.9 Å². The highest BCUT2D eigenvalue weighted by Gasteiger charge is 2.69. The van der Waals surface area contributed by atoms with Crippen molar-refractivity contribution in [3.63, 3.8) is 0 Å². The van der Waals surface area contributed by atoms with E-state index in [9.17, 15) is 24.3 Å². The molecule has 1 N–H and O–H groups in total. The van der Waals surface area contributed by atoms with Crippen LogP contribution in [0.25, 0.3) is 0 Å². The number of hydrogen-bond donors (Lipinski definition) is 1. The number of esters is 2. The van der Waals surface area contributed by atoms with Crippen LogP contribution in [0.3, 0.4) is 0 Å². The first-order valence-corrected chi connectivity index (χ1v) is 11.7. The number of rotatable bonds is 4. The van der Waals surface area contributed by atoms with Crippen LogP contribution in [0.2, 0.25) is 0 Å². The molecule has 7 nitrogen and oxygen atoms in total. The zero-order chi connectivity index (χ0) is 23.5. The molecule has 4 aliphatic carbocycles. The minimum Gasteiger partial charge on any atom is -0.462 e. The normalized spacial score (nSPS) is 42.8. The summed E-state index contributed by atoms with van der Waals surface area (Å²) in [6.45, 7) is 6.30. The molecule has 3 fully saturated rings. The molecule has 0 aromatic heterocycles. The maximum absolute atomic E-state index is 13.1. The van der Waals surface area contributed by atoms with Gasteiger partial charge in [-0.05, 0) is 61.9 Å². The van der Waals surface area contributed by atoms with E-state index in [1.165, 1.54) is 13.8 Å². The van der Waals surface area contributed by atoms with Crippen molar-refractivity contribution >= 4 is 23.5 Å². The lowest BCUT2D eigenvalue weighted by Crippen LogP contribution is -2.62. The molecule has 0 radical (unpaired) electrons. The molecule has 4 rings (SSSR count). The summed E-state index contributed by atoms with van der Waals surface area (Å²) in [6.07, 6.45) is 5.59. The minimum absolute atomic E-state index is 0.0449. The Morgan fingerprint density at radius 1 is 1.09 bits per heavy atom. The van der Waals surface area contributed by atoms with E-state index in [0.29, 0.717) is 25.7 Å². The van der Waals surface area contributed by atoms with Crippen molar-refractivity contribution in [2.45, 2.75) is 84.3 Å². The monoisotopic (exact) mass is 446 g/mol. The van der Waals surface area contributed by atoms with Gasteiger partial charge in [0, 0.05) is 31.6 Å². The Kier molecular flexibility index (Phi) is 5.63. The first-order chi connectivity index (χ1) is 14.9. The van der Waals surface area contributed by atoms with E-state index in [1.807, 2.05) is 6.92 Å². The van der Waals surface area contributed by atoms with Gasteiger partial charge in [0.2, 0.25) is 5.78 Å². The fraction of sp³-hybridized carbons (Fsp3) is 0.760. The number of carbonyl (C=O) groups excluding carboxylic acids is 4. The van der Waals surface area contributed by atoms with Gasteiger partial charge in [-0.3, -0.25) is 19.2 Å². The standard InChI is InChI=1S/C25H34O7/c1-14(26)31-13-21(29)25(30)10-8-19-18-6-5-16-11-17(28)7-9-23(16,3)22(18)20(32-15(2)27)12-24(19,25)4/h11,18-20,22,30H,5-10,12-13H2,1-4H3/t18-,19-,20-,22+,23-,24-,25-/m0/s1. The van der Waals surface area contributed by atoms with Gasteiger partial charge in [-0.25, -0.2) is 0 Å². The molecule has 0 aliphatic heterocycles. The van der Waals surface area contributed by atoms with E-state index in [4.69, 9.17) is 9.47 Å². The summed E-state index contributed by atoms with van der Waals surface area (Å²) in [5.41, 5.74) is -1.50. The van der Waals surface area contributed by atoms with Gasteiger partial charge in [0.15, 0.2) is 12.4 Å². The number of carbonyl (C=O) groups is 4. The van der Waals surface area contributed by atoms with Gasteiger partial charge < -0.3 is 14.6 Å². The highest BCUT2D eigenvalue weighted by molar-refractivity contribution is 5.92. The number of fused-ring (bicyclic) bond motifs is 5. The van der Waals surface area contributed by atoms with Gasteiger partial charge in [0.25, 0.3) is 0 Å². The second kappa shape index (κ2) is 7.79. The van der Waals surface area contributed by atoms with E-state index in [1.54, 1.807) is 6.08 Å². The third-order valence-corrected chi connectivity index (χ3v) is 9.21. The summed E-state index contributed by atoms with van der Waals surface area (Å²) in [5.74, 6) is -0.964. The van der Waals surface area contributed by atoms with Crippen LogP contribution in [0.4, 0.5) is 0 Å². The smallest absolute Gasteiger partial charge is 0.303 e. The summed E-state index contributed by atoms with van der Waals surface area (Å²) in [6, 6.07) is 0. The largest absolute Gasteiger partial charge is 0.462 e. The number of aliphatic hydroxyl groups is 1. The van der Waals surface area contributed by atoms with Gasteiger partial charge in [-0.2, -0.15) is 0 Å². The molecule has 7 atom stereocenters. The van der Waals surface area contributed by atoms with Crippen LogP contribution in [0.5, 0.6) is 0 Å². The van der Waals surface area contributed by atoms with E-state index in [2.05, 4.69) is 6.92 Å². The first kappa shape index (κ1) is 23.1. The molecule has 0 heterocycles. The van der Waals surface area contributed by atoms with Crippen molar-refractivity contribution in [3.8, 4) is 0 Å². The maximum Gasteiger partial charge on any atom is 0.303 e. The number of Topliss-reactive ketones (excluding diaryl/α,β-unsaturated/α-hetero) is 1. The van der Waals surface area contributed by atoms with Crippen molar-refractivity contribution in [2.75, 3.05) is 6.61 Å². The highest BCUT2D eigenvalue weighted by atomic mass is 16.5. The molecule has 0 spiro atoms. The van der Waals surface area contributed by atoms with Gasteiger partial charge in [0.1, 0.15) is 11.7 Å². The SMILES string of the molecule is CC(=O)OCC(=O)[C@@]1(O)CC[C@H]2[C@@H]3CCC4=CC(=O)CC[C@]4(C)[C@H]3[C@@H](OC(C)=O)C[C@@]21C. The number of ketones is 2. The van der Waals surface area contributed by atoms with E-state index in [-0.39, 0.29) is 34.9 Å². The Balaban J connectivity index is 1.73. The summed E-state index contributed by atoms with van der Waals surface area (Å²) >= 11 is 0. The topological polar surface area (TPSA) is 107 Å². The molecule has 0 aromatic rings. The molecule has 0 amide bonds. The minimum atomic E-state index is -1.63. The van der Waals surface area contributed by atoms with Gasteiger partial charge in [-0.1, -0.05) is 19.4 Å². The lowest BCUT2D eigenvalue weighted by molar-refractivity contribution is -0.196. The Morgan fingerprint density at radius 3 is 2.47 bits per heavy atom. The molecule has 32 heavy (non-hydrogen) atoms. The third-order valence-electron chi connectivity index (χ3n) is 9.21. The van der Waals surface area contributed by atoms with Gasteiger partial charge in [0.05, 0.1) is 0 Å². The van der Waals surface area contributed by atoms with Crippen molar-refractivity contribution in [3.05, 3.63) is 11.6 Å². The lowest BCUT2D eigenvalue weighted by Gasteiger charge is -2.60. The molecule has 3 saturated carbocycles.